The highest BCUT2D eigenvalue weighted by molar-refractivity contribution is 7.86. The lowest BCUT2D eigenvalue weighted by atomic mass is 9.78. The molecule has 2 aromatic carbocycles. The molecule has 2 aromatic rings. The summed E-state index contributed by atoms with van der Waals surface area (Å²) in [4.78, 5) is 0. The molecule has 25 heavy (non-hydrogen) atoms. The Labute approximate surface area is 148 Å². The predicted molar refractivity (Wildman–Crippen MR) is 96.0 cm³/mol. The standard InChI is InChI=1S/C17H20O6S2/c1-17(2,13-8-10-15(11-9-13)22-24(3,18)19)14-6-5-7-16(12-14)23-25(4,20)21/h5-12H,1-4H3. The van der Waals surface area contributed by atoms with Crippen molar-refractivity contribution in [1.82, 2.24) is 0 Å². The molecule has 0 unspecified atom stereocenters. The van der Waals surface area contributed by atoms with Gasteiger partial charge in [-0.3, -0.25) is 0 Å². The van der Waals surface area contributed by atoms with E-state index in [1.54, 1.807) is 42.5 Å². The molecule has 2 rings (SSSR count). The summed E-state index contributed by atoms with van der Waals surface area (Å²) in [6.07, 6.45) is 1.98. The van der Waals surface area contributed by atoms with Crippen LogP contribution in [0.4, 0.5) is 0 Å². The highest BCUT2D eigenvalue weighted by Gasteiger charge is 2.24. The van der Waals surface area contributed by atoms with Gasteiger partial charge in [0.25, 0.3) is 0 Å². The molecule has 6 nitrogen and oxygen atoms in total. The van der Waals surface area contributed by atoms with Crippen molar-refractivity contribution in [1.29, 1.82) is 0 Å². The van der Waals surface area contributed by atoms with Gasteiger partial charge in [0.05, 0.1) is 12.5 Å². The molecule has 0 atom stereocenters. The van der Waals surface area contributed by atoms with Gasteiger partial charge in [-0.05, 0) is 35.4 Å². The second-order valence-electron chi connectivity index (χ2n) is 6.25. The smallest absolute Gasteiger partial charge is 0.306 e. The van der Waals surface area contributed by atoms with Gasteiger partial charge in [0.15, 0.2) is 0 Å². The summed E-state index contributed by atoms with van der Waals surface area (Å²) < 4.78 is 54.7. The molecule has 0 aliphatic heterocycles. The Morgan fingerprint density at radius 2 is 1.24 bits per heavy atom. The van der Waals surface area contributed by atoms with E-state index in [4.69, 9.17) is 8.37 Å². The van der Waals surface area contributed by atoms with Gasteiger partial charge < -0.3 is 8.37 Å². The van der Waals surface area contributed by atoms with E-state index in [9.17, 15) is 16.8 Å². The first-order valence-electron chi connectivity index (χ1n) is 7.37. The maximum Gasteiger partial charge on any atom is 0.306 e. The second-order valence-corrected chi connectivity index (χ2v) is 9.40. The van der Waals surface area contributed by atoms with Gasteiger partial charge in [0, 0.05) is 5.41 Å². The fourth-order valence-corrected chi connectivity index (χ4v) is 3.29. The minimum absolute atomic E-state index is 0.233. The molecule has 0 spiro atoms. The molecule has 0 N–H and O–H groups in total. The van der Waals surface area contributed by atoms with Crippen LogP contribution in [0, 0.1) is 0 Å². The van der Waals surface area contributed by atoms with Crippen molar-refractivity contribution in [2.24, 2.45) is 0 Å². The average molecular weight is 384 g/mol. The van der Waals surface area contributed by atoms with E-state index >= 15 is 0 Å². The number of hydrogen-bond donors (Lipinski definition) is 0. The van der Waals surface area contributed by atoms with Gasteiger partial charge in [-0.25, -0.2) is 0 Å². The van der Waals surface area contributed by atoms with Crippen molar-refractivity contribution in [3.8, 4) is 11.5 Å². The summed E-state index contributed by atoms with van der Waals surface area (Å²) in [5, 5.41) is 0. The van der Waals surface area contributed by atoms with E-state index in [0.29, 0.717) is 0 Å². The van der Waals surface area contributed by atoms with Crippen LogP contribution in [-0.4, -0.2) is 29.3 Å². The zero-order valence-corrected chi connectivity index (χ0v) is 16.0. The van der Waals surface area contributed by atoms with Crippen LogP contribution in [0.5, 0.6) is 11.5 Å². The summed E-state index contributed by atoms with van der Waals surface area (Å²) in [7, 11) is -7.17. The molecule has 0 saturated carbocycles. The summed E-state index contributed by atoms with van der Waals surface area (Å²) in [5.74, 6) is 0.473. The molecule has 0 aliphatic rings. The van der Waals surface area contributed by atoms with E-state index < -0.39 is 25.7 Å². The third-order valence-electron chi connectivity index (χ3n) is 3.63. The van der Waals surface area contributed by atoms with Gasteiger partial charge in [-0.1, -0.05) is 38.1 Å². The van der Waals surface area contributed by atoms with Gasteiger partial charge in [-0.15, -0.1) is 0 Å². The van der Waals surface area contributed by atoms with E-state index in [-0.39, 0.29) is 11.5 Å². The fraction of sp³-hybridized carbons (Fsp3) is 0.294. The Morgan fingerprint density at radius 3 is 1.76 bits per heavy atom. The topological polar surface area (TPSA) is 86.7 Å². The average Bonchev–Trinajstić information content (AvgIpc) is 2.44. The molecular weight excluding hydrogens is 364 g/mol. The largest absolute Gasteiger partial charge is 0.383 e. The predicted octanol–water partition coefficient (Wildman–Crippen LogP) is 2.69. The zero-order chi connectivity index (χ0) is 18.9. The van der Waals surface area contributed by atoms with Crippen molar-refractivity contribution in [3.63, 3.8) is 0 Å². The van der Waals surface area contributed by atoms with Crippen molar-refractivity contribution >= 4 is 20.2 Å². The summed E-state index contributed by atoms with van der Waals surface area (Å²) in [5.41, 5.74) is 1.30. The summed E-state index contributed by atoms with van der Waals surface area (Å²) >= 11 is 0. The molecule has 0 bridgehead atoms. The molecule has 0 radical (unpaired) electrons. The van der Waals surface area contributed by atoms with E-state index in [0.717, 1.165) is 23.6 Å². The van der Waals surface area contributed by atoms with Crippen molar-refractivity contribution < 1.29 is 25.2 Å². The van der Waals surface area contributed by atoms with Crippen LogP contribution in [0.3, 0.4) is 0 Å². The first kappa shape index (κ1) is 19.3. The van der Waals surface area contributed by atoms with Crippen LogP contribution < -0.4 is 8.37 Å². The number of benzene rings is 2. The van der Waals surface area contributed by atoms with E-state index in [2.05, 4.69) is 0 Å². The molecule has 136 valence electrons. The molecule has 0 fully saturated rings. The number of rotatable bonds is 6. The molecule has 0 amide bonds. The SMILES string of the molecule is CC(C)(c1ccc(OS(C)(=O)=O)cc1)c1cccc(OS(C)(=O)=O)c1. The molecule has 0 aliphatic carbocycles. The van der Waals surface area contributed by atoms with Crippen molar-refractivity contribution in [2.75, 3.05) is 12.5 Å². The van der Waals surface area contributed by atoms with Gasteiger partial charge in [-0.2, -0.15) is 16.8 Å². The third kappa shape index (κ3) is 5.47. The Kier molecular flexibility index (Phi) is 5.15. The van der Waals surface area contributed by atoms with Crippen molar-refractivity contribution in [2.45, 2.75) is 19.3 Å². The fourth-order valence-electron chi connectivity index (χ4n) is 2.38. The van der Waals surface area contributed by atoms with Crippen LogP contribution in [-0.2, 0) is 25.7 Å². The highest BCUT2D eigenvalue weighted by atomic mass is 32.2. The minimum atomic E-state index is -3.60. The minimum Gasteiger partial charge on any atom is -0.383 e. The lowest BCUT2D eigenvalue weighted by Gasteiger charge is -2.26. The Balaban J connectivity index is 2.33. The Morgan fingerprint density at radius 1 is 0.720 bits per heavy atom. The van der Waals surface area contributed by atoms with Crippen LogP contribution in [0.15, 0.2) is 48.5 Å². The maximum absolute atomic E-state index is 11.3. The van der Waals surface area contributed by atoms with Crippen LogP contribution in [0.1, 0.15) is 25.0 Å². The normalized spacial score (nSPS) is 12.6. The second kappa shape index (κ2) is 6.68. The van der Waals surface area contributed by atoms with Gasteiger partial charge in [0.2, 0.25) is 0 Å². The van der Waals surface area contributed by atoms with Gasteiger partial charge >= 0.3 is 20.2 Å². The molecule has 8 heteroatoms. The van der Waals surface area contributed by atoms with Crippen LogP contribution in [0.25, 0.3) is 0 Å². The first-order valence-corrected chi connectivity index (χ1v) is 11.0. The Bertz CT molecular complexity index is 958. The quantitative estimate of drug-likeness (QED) is 0.712. The van der Waals surface area contributed by atoms with Crippen molar-refractivity contribution in [3.05, 3.63) is 59.7 Å². The Hall–Kier alpha value is -2.06. The van der Waals surface area contributed by atoms with Crippen LogP contribution in [0.2, 0.25) is 0 Å². The third-order valence-corrected chi connectivity index (χ3v) is 4.62. The summed E-state index contributed by atoms with van der Waals surface area (Å²) in [6, 6.07) is 13.5. The molecular formula is C17H20O6S2. The highest BCUT2D eigenvalue weighted by Crippen LogP contribution is 2.34. The summed E-state index contributed by atoms with van der Waals surface area (Å²) in [6.45, 7) is 3.94. The van der Waals surface area contributed by atoms with E-state index in [1.807, 2.05) is 19.9 Å². The molecule has 0 aromatic heterocycles. The monoisotopic (exact) mass is 384 g/mol. The first-order chi connectivity index (χ1) is 11.4. The van der Waals surface area contributed by atoms with Crippen LogP contribution >= 0.6 is 0 Å². The number of hydrogen-bond acceptors (Lipinski definition) is 6. The molecule has 0 heterocycles. The lowest BCUT2D eigenvalue weighted by Crippen LogP contribution is -2.19. The lowest BCUT2D eigenvalue weighted by molar-refractivity contribution is 0.489. The molecule has 0 saturated heterocycles. The maximum atomic E-state index is 11.3. The van der Waals surface area contributed by atoms with E-state index in [1.165, 1.54) is 0 Å². The zero-order valence-electron chi connectivity index (χ0n) is 14.4. The van der Waals surface area contributed by atoms with Gasteiger partial charge in [0.1, 0.15) is 11.5 Å².